The molecule has 0 amide bonds. The number of rotatable bonds is 0. The highest BCUT2D eigenvalue weighted by molar-refractivity contribution is 5.30. The van der Waals surface area contributed by atoms with Crippen molar-refractivity contribution in [2.75, 3.05) is 0 Å². The third kappa shape index (κ3) is 6.33. The van der Waals surface area contributed by atoms with Crippen molar-refractivity contribution in [1.29, 1.82) is 0 Å². The van der Waals surface area contributed by atoms with Crippen molar-refractivity contribution >= 4 is 0 Å². The van der Waals surface area contributed by atoms with Crippen LogP contribution in [0.1, 0.15) is 52.2 Å². The normalized spacial score (nSPS) is 12.1. The van der Waals surface area contributed by atoms with Crippen molar-refractivity contribution in [3.63, 3.8) is 0 Å². The first kappa shape index (κ1) is 14.2. The minimum Gasteiger partial charge on any atom is -0.0683 e. The van der Waals surface area contributed by atoms with Crippen molar-refractivity contribution in [2.24, 2.45) is 5.92 Å². The summed E-state index contributed by atoms with van der Waals surface area (Å²) < 4.78 is 0. The van der Waals surface area contributed by atoms with Crippen LogP contribution in [0.15, 0.2) is 24.3 Å². The maximum absolute atomic E-state index is 2.24. The van der Waals surface area contributed by atoms with Gasteiger partial charge in [-0.15, -0.1) is 0 Å². The quantitative estimate of drug-likeness (QED) is 0.568. The van der Waals surface area contributed by atoms with Gasteiger partial charge in [0.15, 0.2) is 0 Å². The van der Waals surface area contributed by atoms with Gasteiger partial charge in [-0.3, -0.25) is 0 Å². The van der Waals surface area contributed by atoms with Gasteiger partial charge >= 0.3 is 0 Å². The van der Waals surface area contributed by atoms with Crippen LogP contribution in [-0.2, 0) is 12.8 Å². The van der Waals surface area contributed by atoms with Crippen LogP contribution in [0.4, 0.5) is 0 Å². The van der Waals surface area contributed by atoms with E-state index in [1.807, 2.05) is 13.8 Å². The van der Waals surface area contributed by atoms with E-state index >= 15 is 0 Å². The summed E-state index contributed by atoms with van der Waals surface area (Å²) in [5.74, 6) is 0.833. The summed E-state index contributed by atoms with van der Waals surface area (Å²) in [5.41, 5.74) is 3.13. The van der Waals surface area contributed by atoms with Crippen LogP contribution in [0.3, 0.4) is 0 Å². The van der Waals surface area contributed by atoms with E-state index in [1.54, 1.807) is 11.1 Å². The summed E-state index contributed by atoms with van der Waals surface area (Å²) >= 11 is 0. The van der Waals surface area contributed by atoms with Gasteiger partial charge in [0.2, 0.25) is 0 Å². The summed E-state index contributed by atoms with van der Waals surface area (Å²) in [5, 5.41) is 0. The second-order valence-corrected chi connectivity index (χ2v) is 4.35. The molecule has 0 atom stereocenters. The summed E-state index contributed by atoms with van der Waals surface area (Å²) in [6.07, 6.45) is 3.96. The van der Waals surface area contributed by atoms with Crippen molar-refractivity contribution in [2.45, 2.75) is 53.9 Å². The standard InChI is InChI=1S/C9H10.C4H10.C2H6/c1-2-5-9-7-3-6-8(9)4-1;1-4(2)3;1-2/h1-2,4-5H,3,6-7H2;4H,1-3H3;1-2H3. The van der Waals surface area contributed by atoms with Gasteiger partial charge in [-0.1, -0.05) is 58.9 Å². The van der Waals surface area contributed by atoms with Gasteiger partial charge in [0.25, 0.3) is 0 Å². The zero-order chi connectivity index (χ0) is 11.7. The Balaban J connectivity index is 0.000000282. The van der Waals surface area contributed by atoms with Crippen LogP contribution in [0, 0.1) is 5.92 Å². The smallest absolute Gasteiger partial charge is 0.0273 e. The fourth-order valence-electron chi connectivity index (χ4n) is 1.51. The molecule has 0 radical (unpaired) electrons. The van der Waals surface area contributed by atoms with Gasteiger partial charge in [0, 0.05) is 0 Å². The lowest BCUT2D eigenvalue weighted by molar-refractivity contribution is 0.737. The lowest BCUT2D eigenvalue weighted by Gasteiger charge is -1.93. The molecule has 15 heavy (non-hydrogen) atoms. The Morgan fingerprint density at radius 2 is 1.20 bits per heavy atom. The second-order valence-electron chi connectivity index (χ2n) is 4.35. The number of fused-ring (bicyclic) bond motifs is 1. The van der Waals surface area contributed by atoms with E-state index in [4.69, 9.17) is 0 Å². The highest BCUT2D eigenvalue weighted by Crippen LogP contribution is 2.20. The van der Waals surface area contributed by atoms with E-state index in [1.165, 1.54) is 19.3 Å². The summed E-state index contributed by atoms with van der Waals surface area (Å²) in [7, 11) is 0. The van der Waals surface area contributed by atoms with E-state index in [0.29, 0.717) is 0 Å². The highest BCUT2D eigenvalue weighted by atomic mass is 14.1. The van der Waals surface area contributed by atoms with Crippen molar-refractivity contribution in [3.05, 3.63) is 35.4 Å². The Morgan fingerprint density at radius 3 is 1.53 bits per heavy atom. The highest BCUT2D eigenvalue weighted by Gasteiger charge is 2.07. The molecule has 1 aromatic carbocycles. The van der Waals surface area contributed by atoms with Crippen molar-refractivity contribution in [3.8, 4) is 0 Å². The van der Waals surface area contributed by atoms with Crippen LogP contribution in [0.25, 0.3) is 0 Å². The van der Waals surface area contributed by atoms with Gasteiger partial charge in [-0.05, 0) is 36.3 Å². The van der Waals surface area contributed by atoms with Crippen molar-refractivity contribution < 1.29 is 0 Å². The van der Waals surface area contributed by atoms with Gasteiger partial charge in [0.1, 0.15) is 0 Å². The predicted octanol–water partition coefficient (Wildman–Crippen LogP) is 4.86. The number of benzene rings is 1. The Kier molecular flexibility index (Phi) is 8.08. The molecule has 0 bridgehead atoms. The van der Waals surface area contributed by atoms with Gasteiger partial charge in [-0.25, -0.2) is 0 Å². The van der Waals surface area contributed by atoms with Gasteiger partial charge < -0.3 is 0 Å². The molecule has 0 spiro atoms. The van der Waals surface area contributed by atoms with Crippen LogP contribution >= 0.6 is 0 Å². The molecule has 0 heterocycles. The number of aryl methyl sites for hydroxylation is 2. The molecule has 2 rings (SSSR count). The van der Waals surface area contributed by atoms with Crippen LogP contribution < -0.4 is 0 Å². The second kappa shape index (κ2) is 8.52. The maximum Gasteiger partial charge on any atom is -0.0273 e. The third-order valence-corrected chi connectivity index (χ3v) is 2.01. The van der Waals surface area contributed by atoms with E-state index < -0.39 is 0 Å². The van der Waals surface area contributed by atoms with E-state index in [-0.39, 0.29) is 0 Å². The minimum atomic E-state index is 0.833. The fourth-order valence-corrected chi connectivity index (χ4v) is 1.51. The van der Waals surface area contributed by atoms with Gasteiger partial charge in [0.05, 0.1) is 0 Å². The maximum atomic E-state index is 2.24. The molecule has 0 N–H and O–H groups in total. The lowest BCUT2D eigenvalue weighted by Crippen LogP contribution is -1.77. The third-order valence-electron chi connectivity index (χ3n) is 2.01. The lowest BCUT2D eigenvalue weighted by atomic mass is 10.1. The molecule has 0 saturated heterocycles. The number of hydrogen-bond acceptors (Lipinski definition) is 0. The Hall–Kier alpha value is -0.780. The topological polar surface area (TPSA) is 0 Å². The van der Waals surface area contributed by atoms with Crippen molar-refractivity contribution in [1.82, 2.24) is 0 Å². The molecule has 86 valence electrons. The zero-order valence-corrected chi connectivity index (χ0v) is 11.0. The monoisotopic (exact) mass is 206 g/mol. The largest absolute Gasteiger partial charge is 0.0683 e. The van der Waals surface area contributed by atoms with E-state index in [0.717, 1.165) is 5.92 Å². The Bertz CT molecular complexity index is 222. The Labute approximate surface area is 95.7 Å². The summed E-state index contributed by atoms with van der Waals surface area (Å²) in [6, 6.07) is 8.74. The molecule has 0 aliphatic heterocycles. The fraction of sp³-hybridized carbons (Fsp3) is 0.600. The van der Waals surface area contributed by atoms with Crippen LogP contribution in [0.2, 0.25) is 0 Å². The first-order valence-electron chi connectivity index (χ1n) is 6.27. The number of hydrogen-bond donors (Lipinski definition) is 0. The summed E-state index contributed by atoms with van der Waals surface area (Å²) in [4.78, 5) is 0. The molecule has 0 aromatic heterocycles. The van der Waals surface area contributed by atoms with E-state index in [9.17, 15) is 0 Å². The summed E-state index contributed by atoms with van der Waals surface area (Å²) in [6.45, 7) is 10.5. The molecular formula is C15H26. The molecule has 0 fully saturated rings. The average molecular weight is 206 g/mol. The SMILES string of the molecule is CC.CC(C)C.c1ccc2c(c1)CCC2. The Morgan fingerprint density at radius 1 is 0.867 bits per heavy atom. The predicted molar refractivity (Wildman–Crippen MR) is 70.3 cm³/mol. The first-order valence-corrected chi connectivity index (χ1v) is 6.27. The molecule has 0 heteroatoms. The first-order chi connectivity index (χ1) is 7.20. The molecule has 0 nitrogen and oxygen atoms in total. The molecule has 1 aliphatic carbocycles. The minimum absolute atomic E-state index is 0.833. The zero-order valence-electron chi connectivity index (χ0n) is 11.0. The molecule has 0 unspecified atom stereocenters. The average Bonchev–Trinajstić information content (AvgIpc) is 2.67. The van der Waals surface area contributed by atoms with Gasteiger partial charge in [-0.2, -0.15) is 0 Å². The van der Waals surface area contributed by atoms with Crippen LogP contribution in [0.5, 0.6) is 0 Å². The van der Waals surface area contributed by atoms with Crippen LogP contribution in [-0.4, -0.2) is 0 Å². The van der Waals surface area contributed by atoms with E-state index in [2.05, 4.69) is 45.0 Å². The molecule has 0 saturated carbocycles. The molecule has 1 aromatic rings. The molecule has 1 aliphatic rings. The molecular weight excluding hydrogens is 180 g/mol.